The van der Waals surface area contributed by atoms with E-state index in [1.165, 1.54) is 29.1 Å². The van der Waals surface area contributed by atoms with Gasteiger partial charge in [0, 0.05) is 49.4 Å². The first-order valence-corrected chi connectivity index (χ1v) is 9.95. The normalized spacial score (nSPS) is 14.6. The summed E-state index contributed by atoms with van der Waals surface area (Å²) in [6.45, 7) is 0.765. The molecule has 0 radical (unpaired) electrons. The Morgan fingerprint density at radius 1 is 1.06 bits per heavy atom. The molecular weight excluding hydrogens is 404 g/mol. The van der Waals surface area contributed by atoms with Gasteiger partial charge in [-0.05, 0) is 49.2 Å². The monoisotopic (exact) mass is 425 g/mol. The molecule has 1 amide bonds. The minimum Gasteiger partial charge on any atom is -0.508 e. The maximum Gasteiger partial charge on any atom is 0.257 e. The van der Waals surface area contributed by atoms with Gasteiger partial charge < -0.3 is 10.0 Å². The van der Waals surface area contributed by atoms with E-state index in [-0.39, 0.29) is 40.2 Å². The molecule has 0 spiro atoms. The third-order valence-electron chi connectivity index (χ3n) is 5.55. The van der Waals surface area contributed by atoms with Gasteiger partial charge in [-0.2, -0.15) is 5.10 Å². The molecule has 0 aliphatic carbocycles. The molecule has 1 aliphatic rings. The molecule has 1 aromatic heterocycles. The van der Waals surface area contributed by atoms with Crippen LogP contribution in [0.2, 0.25) is 0 Å². The standard InChI is InChI=1S/C23H21F2N3O3/c1-27-13-19(21(26-27)18-7-4-16(24)12-20(18)25)23(31)28-10-8-15(9-11-28)22(30)14-2-5-17(29)6-3-14/h2-7,12-13,15,29H,8-11H2,1H3. The highest BCUT2D eigenvalue weighted by atomic mass is 19.1. The van der Waals surface area contributed by atoms with E-state index in [0.717, 1.165) is 12.1 Å². The third-order valence-corrected chi connectivity index (χ3v) is 5.55. The number of benzene rings is 2. The molecule has 31 heavy (non-hydrogen) atoms. The first-order chi connectivity index (χ1) is 14.8. The number of nitrogens with zero attached hydrogens (tertiary/aromatic N) is 3. The molecule has 3 aromatic rings. The molecule has 4 rings (SSSR count). The van der Waals surface area contributed by atoms with Crippen molar-refractivity contribution in [2.45, 2.75) is 12.8 Å². The van der Waals surface area contributed by atoms with Gasteiger partial charge in [0.25, 0.3) is 5.91 Å². The lowest BCUT2D eigenvalue weighted by molar-refractivity contribution is 0.0651. The van der Waals surface area contributed by atoms with E-state index >= 15 is 0 Å². The van der Waals surface area contributed by atoms with Gasteiger partial charge in [0.15, 0.2) is 5.78 Å². The van der Waals surface area contributed by atoms with Crippen LogP contribution in [0.25, 0.3) is 11.3 Å². The molecule has 1 fully saturated rings. The minimum atomic E-state index is -0.786. The van der Waals surface area contributed by atoms with Crippen molar-refractivity contribution in [1.82, 2.24) is 14.7 Å². The number of amides is 1. The average molecular weight is 425 g/mol. The second kappa shape index (κ2) is 8.29. The number of carbonyl (C=O) groups excluding carboxylic acids is 2. The Morgan fingerprint density at radius 2 is 1.74 bits per heavy atom. The van der Waals surface area contributed by atoms with E-state index in [2.05, 4.69) is 5.10 Å². The SMILES string of the molecule is Cn1cc(C(=O)N2CCC(C(=O)c3ccc(O)cc3)CC2)c(-c2ccc(F)cc2F)n1. The van der Waals surface area contributed by atoms with Crippen LogP contribution in [0.1, 0.15) is 33.6 Å². The first kappa shape index (κ1) is 20.7. The molecule has 0 bridgehead atoms. The second-order valence-electron chi connectivity index (χ2n) is 7.67. The number of rotatable bonds is 4. The molecule has 0 atom stereocenters. The predicted octanol–water partition coefficient (Wildman–Crippen LogP) is 3.81. The number of hydrogen-bond donors (Lipinski definition) is 1. The molecular formula is C23H21F2N3O3. The van der Waals surface area contributed by atoms with Crippen LogP contribution in [0.5, 0.6) is 5.75 Å². The number of phenols is 1. The number of ketones is 1. The number of likely N-dealkylation sites (tertiary alicyclic amines) is 1. The Hall–Kier alpha value is -3.55. The number of halogens is 2. The fraction of sp³-hybridized carbons (Fsp3) is 0.261. The van der Waals surface area contributed by atoms with Gasteiger partial charge >= 0.3 is 0 Å². The van der Waals surface area contributed by atoms with E-state index in [1.807, 2.05) is 0 Å². The van der Waals surface area contributed by atoms with Crippen molar-refractivity contribution in [3.63, 3.8) is 0 Å². The van der Waals surface area contributed by atoms with Crippen molar-refractivity contribution < 1.29 is 23.5 Å². The lowest BCUT2D eigenvalue weighted by atomic mass is 9.88. The summed E-state index contributed by atoms with van der Waals surface area (Å²) in [5, 5.41) is 13.6. The maximum absolute atomic E-state index is 14.3. The Morgan fingerprint density at radius 3 is 2.39 bits per heavy atom. The molecule has 2 aromatic carbocycles. The molecule has 2 heterocycles. The zero-order chi connectivity index (χ0) is 22.1. The number of hydrogen-bond acceptors (Lipinski definition) is 4. The van der Waals surface area contributed by atoms with Gasteiger partial charge in [-0.25, -0.2) is 8.78 Å². The van der Waals surface area contributed by atoms with Crippen molar-refractivity contribution in [1.29, 1.82) is 0 Å². The van der Waals surface area contributed by atoms with E-state index in [9.17, 15) is 23.5 Å². The number of carbonyl (C=O) groups is 2. The highest BCUT2D eigenvalue weighted by Gasteiger charge is 2.30. The largest absolute Gasteiger partial charge is 0.508 e. The van der Waals surface area contributed by atoms with Crippen LogP contribution in [-0.2, 0) is 7.05 Å². The molecule has 1 aliphatic heterocycles. The number of Topliss-reactive ketones (excluding diaryl/α,β-unsaturated/α-hetero) is 1. The van der Waals surface area contributed by atoms with Gasteiger partial charge in [-0.3, -0.25) is 14.3 Å². The van der Waals surface area contributed by atoms with Gasteiger partial charge in [0.1, 0.15) is 23.1 Å². The molecule has 1 N–H and O–H groups in total. The van der Waals surface area contributed by atoms with Crippen LogP contribution in [0, 0.1) is 17.6 Å². The van der Waals surface area contributed by atoms with Crippen LogP contribution in [0.4, 0.5) is 8.78 Å². The lowest BCUT2D eigenvalue weighted by Crippen LogP contribution is -2.40. The highest BCUT2D eigenvalue weighted by Crippen LogP contribution is 2.29. The molecule has 0 unspecified atom stereocenters. The Labute approximate surface area is 177 Å². The zero-order valence-corrected chi connectivity index (χ0v) is 16.9. The second-order valence-corrected chi connectivity index (χ2v) is 7.67. The van der Waals surface area contributed by atoms with Crippen LogP contribution >= 0.6 is 0 Å². The number of aromatic hydroxyl groups is 1. The Kier molecular flexibility index (Phi) is 5.54. The van der Waals surface area contributed by atoms with Crippen LogP contribution < -0.4 is 0 Å². The maximum atomic E-state index is 14.3. The number of aromatic nitrogens is 2. The van der Waals surface area contributed by atoms with Gasteiger partial charge in [0.05, 0.1) is 5.56 Å². The fourth-order valence-electron chi connectivity index (χ4n) is 3.90. The molecule has 160 valence electrons. The van der Waals surface area contributed by atoms with E-state index < -0.39 is 11.6 Å². The summed E-state index contributed by atoms with van der Waals surface area (Å²) in [6, 6.07) is 9.30. The van der Waals surface area contributed by atoms with Crippen LogP contribution in [0.15, 0.2) is 48.7 Å². The number of aryl methyl sites for hydroxylation is 1. The molecule has 8 heteroatoms. The molecule has 6 nitrogen and oxygen atoms in total. The smallest absolute Gasteiger partial charge is 0.257 e. The number of piperidine rings is 1. The van der Waals surface area contributed by atoms with Crippen molar-refractivity contribution in [2.24, 2.45) is 13.0 Å². The summed E-state index contributed by atoms with van der Waals surface area (Å²) in [4.78, 5) is 27.5. The van der Waals surface area contributed by atoms with E-state index in [4.69, 9.17) is 0 Å². The predicted molar refractivity (Wildman–Crippen MR) is 110 cm³/mol. The van der Waals surface area contributed by atoms with Crippen molar-refractivity contribution in [3.05, 3.63) is 71.4 Å². The van der Waals surface area contributed by atoms with Crippen molar-refractivity contribution >= 4 is 11.7 Å². The summed E-state index contributed by atoms with van der Waals surface area (Å²) >= 11 is 0. The quantitative estimate of drug-likeness (QED) is 0.645. The van der Waals surface area contributed by atoms with Gasteiger partial charge in [-0.1, -0.05) is 0 Å². The molecule has 1 saturated heterocycles. The first-order valence-electron chi connectivity index (χ1n) is 9.95. The summed E-state index contributed by atoms with van der Waals surface area (Å²) in [5.41, 5.74) is 0.982. The topological polar surface area (TPSA) is 75.4 Å². The van der Waals surface area contributed by atoms with E-state index in [0.29, 0.717) is 31.5 Å². The van der Waals surface area contributed by atoms with Crippen molar-refractivity contribution in [3.8, 4) is 17.0 Å². The zero-order valence-electron chi connectivity index (χ0n) is 16.9. The average Bonchev–Trinajstić information content (AvgIpc) is 3.14. The lowest BCUT2D eigenvalue weighted by Gasteiger charge is -2.31. The van der Waals surface area contributed by atoms with E-state index in [1.54, 1.807) is 24.1 Å². The fourth-order valence-corrected chi connectivity index (χ4v) is 3.90. The van der Waals surface area contributed by atoms with Crippen LogP contribution in [-0.4, -0.2) is 44.6 Å². The summed E-state index contributed by atoms with van der Waals surface area (Å²) in [5.74, 6) is -1.92. The van der Waals surface area contributed by atoms with Gasteiger partial charge in [0.2, 0.25) is 0 Å². The van der Waals surface area contributed by atoms with Gasteiger partial charge in [-0.15, -0.1) is 0 Å². The molecule has 0 saturated carbocycles. The summed E-state index contributed by atoms with van der Waals surface area (Å²) in [7, 11) is 1.63. The van der Waals surface area contributed by atoms with Crippen LogP contribution in [0.3, 0.4) is 0 Å². The summed E-state index contributed by atoms with van der Waals surface area (Å²) in [6.07, 6.45) is 2.53. The highest BCUT2D eigenvalue weighted by molar-refractivity contribution is 6.01. The Bertz CT molecular complexity index is 1130. The number of phenolic OH excluding ortho intramolecular Hbond substituents is 1. The van der Waals surface area contributed by atoms with Crippen molar-refractivity contribution in [2.75, 3.05) is 13.1 Å². The summed E-state index contributed by atoms with van der Waals surface area (Å²) < 4.78 is 29.0. The third kappa shape index (κ3) is 4.19. The minimum absolute atomic E-state index is 0.0115. The Balaban J connectivity index is 1.49.